The molecule has 124 valence electrons. The Labute approximate surface area is 142 Å². The fourth-order valence-corrected chi connectivity index (χ4v) is 2.99. The summed E-state index contributed by atoms with van der Waals surface area (Å²) in [6.07, 6.45) is 0. The van der Waals surface area contributed by atoms with Crippen LogP contribution in [0.25, 0.3) is 10.6 Å². The van der Waals surface area contributed by atoms with Crippen molar-refractivity contribution in [2.75, 3.05) is 6.61 Å². The summed E-state index contributed by atoms with van der Waals surface area (Å²) in [5.41, 5.74) is 1.75. The first-order valence-electron chi connectivity index (χ1n) is 7.34. The van der Waals surface area contributed by atoms with Crippen LogP contribution in [0.5, 0.6) is 5.75 Å². The number of benzene rings is 1. The first-order valence-corrected chi connectivity index (χ1v) is 8.22. The Balaban J connectivity index is 1.53. The number of thiophene rings is 1. The van der Waals surface area contributed by atoms with E-state index < -0.39 is 5.82 Å². The van der Waals surface area contributed by atoms with Gasteiger partial charge in [-0.2, -0.15) is 5.10 Å². The summed E-state index contributed by atoms with van der Waals surface area (Å²) >= 11 is 1.63. The minimum atomic E-state index is -0.490. The number of rotatable bonds is 6. The maximum Gasteiger partial charge on any atom is 0.258 e. The van der Waals surface area contributed by atoms with Gasteiger partial charge in [0.2, 0.25) is 0 Å². The van der Waals surface area contributed by atoms with E-state index in [4.69, 9.17) is 4.74 Å². The molecular weight excluding hydrogens is 329 g/mol. The predicted octanol–water partition coefficient (Wildman–Crippen LogP) is 2.98. The first-order chi connectivity index (χ1) is 11.6. The third kappa shape index (κ3) is 3.80. The molecule has 0 bridgehead atoms. The van der Waals surface area contributed by atoms with Crippen LogP contribution < -0.4 is 10.1 Å². The summed E-state index contributed by atoms with van der Waals surface area (Å²) in [7, 11) is 1.86. The molecule has 0 radical (unpaired) electrons. The molecule has 0 unspecified atom stereocenters. The van der Waals surface area contributed by atoms with Crippen LogP contribution >= 0.6 is 11.3 Å². The van der Waals surface area contributed by atoms with Crippen molar-refractivity contribution in [2.45, 2.75) is 6.54 Å². The summed E-state index contributed by atoms with van der Waals surface area (Å²) in [5, 5.41) is 9.10. The van der Waals surface area contributed by atoms with Gasteiger partial charge in [-0.15, -0.1) is 11.3 Å². The van der Waals surface area contributed by atoms with Crippen molar-refractivity contribution in [1.82, 2.24) is 15.1 Å². The lowest BCUT2D eigenvalue weighted by atomic mass is 10.3. The Morgan fingerprint density at radius 3 is 2.92 bits per heavy atom. The number of aromatic nitrogens is 2. The maximum absolute atomic E-state index is 13.4. The maximum atomic E-state index is 13.4. The number of aryl methyl sites for hydroxylation is 1. The topological polar surface area (TPSA) is 56.2 Å². The average Bonchev–Trinajstić information content (AvgIpc) is 3.21. The van der Waals surface area contributed by atoms with E-state index >= 15 is 0 Å². The molecule has 0 saturated heterocycles. The van der Waals surface area contributed by atoms with Crippen molar-refractivity contribution in [3.63, 3.8) is 0 Å². The molecule has 0 aliphatic rings. The molecule has 1 amide bonds. The highest BCUT2D eigenvalue weighted by Gasteiger charge is 2.10. The minimum absolute atomic E-state index is 0.0606. The largest absolute Gasteiger partial charge is 0.481 e. The van der Waals surface area contributed by atoms with Crippen molar-refractivity contribution in [3.8, 4) is 16.3 Å². The molecule has 3 rings (SSSR count). The summed E-state index contributed by atoms with van der Waals surface area (Å²) < 4.78 is 20.3. The molecule has 0 aliphatic carbocycles. The second-order valence-electron chi connectivity index (χ2n) is 5.12. The molecule has 0 saturated carbocycles. The highest BCUT2D eigenvalue weighted by molar-refractivity contribution is 7.13. The van der Waals surface area contributed by atoms with Gasteiger partial charge in [0, 0.05) is 7.05 Å². The summed E-state index contributed by atoms with van der Waals surface area (Å²) in [6.45, 7) is 0.0459. The second-order valence-corrected chi connectivity index (χ2v) is 6.07. The highest BCUT2D eigenvalue weighted by atomic mass is 32.1. The van der Waals surface area contributed by atoms with Gasteiger partial charge in [-0.1, -0.05) is 18.2 Å². The third-order valence-electron chi connectivity index (χ3n) is 3.37. The number of nitrogens with one attached hydrogen (secondary N) is 1. The van der Waals surface area contributed by atoms with Crippen LogP contribution in [0, 0.1) is 5.82 Å². The molecular formula is C17H16FN3O2S. The van der Waals surface area contributed by atoms with E-state index in [-0.39, 0.29) is 18.3 Å². The summed E-state index contributed by atoms with van der Waals surface area (Å²) in [6, 6.07) is 11.9. The van der Waals surface area contributed by atoms with E-state index in [1.165, 1.54) is 12.1 Å². The molecule has 3 aromatic rings. The Morgan fingerprint density at radius 1 is 1.33 bits per heavy atom. The van der Waals surface area contributed by atoms with Gasteiger partial charge >= 0.3 is 0 Å². The Bertz CT molecular complexity index is 830. The monoisotopic (exact) mass is 345 g/mol. The molecule has 1 N–H and O–H groups in total. The minimum Gasteiger partial charge on any atom is -0.481 e. The van der Waals surface area contributed by atoms with Gasteiger partial charge in [0.25, 0.3) is 5.91 Å². The Kier molecular flexibility index (Phi) is 4.90. The highest BCUT2D eigenvalue weighted by Crippen LogP contribution is 2.24. The van der Waals surface area contributed by atoms with Crippen molar-refractivity contribution in [1.29, 1.82) is 0 Å². The van der Waals surface area contributed by atoms with E-state index in [1.807, 2.05) is 30.6 Å². The first kappa shape index (κ1) is 16.2. The van der Waals surface area contributed by atoms with Crippen LogP contribution in [0.3, 0.4) is 0 Å². The van der Waals surface area contributed by atoms with Crippen LogP contribution in [-0.2, 0) is 18.4 Å². The lowest BCUT2D eigenvalue weighted by Gasteiger charge is -2.07. The fraction of sp³-hybridized carbons (Fsp3) is 0.176. The van der Waals surface area contributed by atoms with Gasteiger partial charge in [-0.3, -0.25) is 9.48 Å². The van der Waals surface area contributed by atoms with Gasteiger partial charge in [0.05, 0.1) is 22.8 Å². The number of carbonyl (C=O) groups is 1. The number of halogens is 1. The van der Waals surface area contributed by atoms with Crippen molar-refractivity contribution >= 4 is 17.2 Å². The molecule has 0 aliphatic heterocycles. The lowest BCUT2D eigenvalue weighted by Crippen LogP contribution is -2.28. The summed E-state index contributed by atoms with van der Waals surface area (Å²) in [5.74, 6) is -0.761. The second kappa shape index (κ2) is 7.27. The van der Waals surface area contributed by atoms with Crippen LogP contribution in [0.1, 0.15) is 5.69 Å². The number of nitrogens with zero attached hydrogens (tertiary/aromatic N) is 2. The third-order valence-corrected chi connectivity index (χ3v) is 4.26. The predicted molar refractivity (Wildman–Crippen MR) is 90.3 cm³/mol. The number of para-hydroxylation sites is 1. The quantitative estimate of drug-likeness (QED) is 0.747. The van der Waals surface area contributed by atoms with E-state index in [0.29, 0.717) is 6.54 Å². The Morgan fingerprint density at radius 2 is 2.17 bits per heavy atom. The molecule has 0 atom stereocenters. The van der Waals surface area contributed by atoms with Crippen LogP contribution in [0.15, 0.2) is 47.8 Å². The molecule has 7 heteroatoms. The zero-order valence-corrected chi connectivity index (χ0v) is 13.8. The van der Waals surface area contributed by atoms with Crippen molar-refractivity contribution < 1.29 is 13.9 Å². The van der Waals surface area contributed by atoms with Gasteiger partial charge < -0.3 is 10.1 Å². The molecule has 1 aromatic carbocycles. The smallest absolute Gasteiger partial charge is 0.258 e. The SMILES string of the molecule is Cn1nc(CNC(=O)COc2ccccc2F)cc1-c1cccs1. The molecule has 5 nitrogen and oxygen atoms in total. The van der Waals surface area contributed by atoms with Gasteiger partial charge in [-0.05, 0) is 29.6 Å². The number of ether oxygens (including phenoxy) is 1. The standard InChI is InChI=1S/C17H16FN3O2S/c1-21-14(16-7-4-8-24-16)9-12(20-21)10-19-17(22)11-23-15-6-3-2-5-13(15)18/h2-9H,10-11H2,1H3,(H,19,22). The zero-order valence-electron chi connectivity index (χ0n) is 13.0. The fourth-order valence-electron chi connectivity index (χ4n) is 2.21. The average molecular weight is 345 g/mol. The normalized spacial score (nSPS) is 10.6. The van der Waals surface area contributed by atoms with Gasteiger partial charge in [0.1, 0.15) is 0 Å². The van der Waals surface area contributed by atoms with Crippen LogP contribution in [-0.4, -0.2) is 22.3 Å². The Hall–Kier alpha value is -2.67. The molecule has 24 heavy (non-hydrogen) atoms. The molecule has 0 fully saturated rings. The molecule has 2 aromatic heterocycles. The van der Waals surface area contributed by atoms with E-state index in [0.717, 1.165) is 16.3 Å². The van der Waals surface area contributed by atoms with Crippen LogP contribution in [0.4, 0.5) is 4.39 Å². The van der Waals surface area contributed by atoms with Gasteiger partial charge in [0.15, 0.2) is 18.2 Å². The number of amides is 1. The van der Waals surface area contributed by atoms with E-state index in [2.05, 4.69) is 10.4 Å². The van der Waals surface area contributed by atoms with Crippen LogP contribution in [0.2, 0.25) is 0 Å². The van der Waals surface area contributed by atoms with Crippen molar-refractivity contribution in [3.05, 3.63) is 59.4 Å². The van der Waals surface area contributed by atoms with Crippen molar-refractivity contribution in [2.24, 2.45) is 7.05 Å². The molecule has 2 heterocycles. The number of hydrogen-bond acceptors (Lipinski definition) is 4. The molecule has 0 spiro atoms. The zero-order chi connectivity index (χ0) is 16.9. The summed E-state index contributed by atoms with van der Waals surface area (Å²) in [4.78, 5) is 12.9. The number of carbonyl (C=O) groups excluding carboxylic acids is 1. The van der Waals surface area contributed by atoms with Gasteiger partial charge in [-0.25, -0.2) is 4.39 Å². The van der Waals surface area contributed by atoms with E-state index in [9.17, 15) is 9.18 Å². The van der Waals surface area contributed by atoms with E-state index in [1.54, 1.807) is 28.2 Å². The lowest BCUT2D eigenvalue weighted by molar-refractivity contribution is -0.123. The number of hydrogen-bond donors (Lipinski definition) is 1.